The SMILES string of the molecule is c1cc(-c2ccc3c(c2)CCCO3)ccn1. The van der Waals surface area contributed by atoms with Crippen LogP contribution < -0.4 is 4.74 Å². The van der Waals surface area contributed by atoms with Gasteiger partial charge in [0, 0.05) is 12.4 Å². The van der Waals surface area contributed by atoms with Crippen molar-refractivity contribution in [2.75, 3.05) is 6.61 Å². The molecule has 0 unspecified atom stereocenters. The second-order valence-corrected chi connectivity index (χ2v) is 4.01. The number of benzene rings is 1. The number of rotatable bonds is 1. The fourth-order valence-electron chi connectivity index (χ4n) is 2.08. The molecule has 0 saturated heterocycles. The number of nitrogens with zero attached hydrogens (tertiary/aromatic N) is 1. The van der Waals surface area contributed by atoms with E-state index >= 15 is 0 Å². The third-order valence-corrected chi connectivity index (χ3v) is 2.92. The molecule has 2 heterocycles. The van der Waals surface area contributed by atoms with Crippen molar-refractivity contribution in [1.29, 1.82) is 0 Å². The molecule has 0 spiro atoms. The van der Waals surface area contributed by atoms with Crippen molar-refractivity contribution in [2.24, 2.45) is 0 Å². The summed E-state index contributed by atoms with van der Waals surface area (Å²) >= 11 is 0. The number of fused-ring (bicyclic) bond motifs is 1. The van der Waals surface area contributed by atoms with Gasteiger partial charge in [-0.1, -0.05) is 6.07 Å². The van der Waals surface area contributed by atoms with E-state index in [1.807, 2.05) is 24.5 Å². The largest absolute Gasteiger partial charge is 0.493 e. The Morgan fingerprint density at radius 1 is 1.00 bits per heavy atom. The Balaban J connectivity index is 2.03. The summed E-state index contributed by atoms with van der Waals surface area (Å²) in [5.41, 5.74) is 3.77. The zero-order valence-electron chi connectivity index (χ0n) is 9.02. The molecule has 0 fully saturated rings. The first-order valence-electron chi connectivity index (χ1n) is 5.59. The third-order valence-electron chi connectivity index (χ3n) is 2.92. The van der Waals surface area contributed by atoms with Gasteiger partial charge in [-0.2, -0.15) is 0 Å². The molecule has 1 aliphatic rings. The first-order valence-corrected chi connectivity index (χ1v) is 5.59. The molecule has 0 radical (unpaired) electrons. The average molecular weight is 211 g/mol. The summed E-state index contributed by atoms with van der Waals surface area (Å²) in [6.45, 7) is 0.849. The standard InChI is InChI=1S/C14H13NO/c1-2-13-10-12(3-4-14(13)16-9-1)11-5-7-15-8-6-11/h3-8,10H,1-2,9H2. The van der Waals surface area contributed by atoms with Crippen molar-refractivity contribution in [2.45, 2.75) is 12.8 Å². The van der Waals surface area contributed by atoms with Crippen molar-refractivity contribution in [3.05, 3.63) is 48.3 Å². The molecule has 2 nitrogen and oxygen atoms in total. The Labute approximate surface area is 94.9 Å². The molecule has 16 heavy (non-hydrogen) atoms. The molecule has 0 saturated carbocycles. The van der Waals surface area contributed by atoms with Gasteiger partial charge in [0.1, 0.15) is 5.75 Å². The molecule has 1 aromatic carbocycles. The van der Waals surface area contributed by atoms with Crippen LogP contribution in [0.15, 0.2) is 42.7 Å². The molecule has 0 aliphatic carbocycles. The fraction of sp³-hybridized carbons (Fsp3) is 0.214. The van der Waals surface area contributed by atoms with Crippen molar-refractivity contribution in [3.8, 4) is 16.9 Å². The molecule has 0 amide bonds. The van der Waals surface area contributed by atoms with E-state index in [0.717, 1.165) is 25.2 Å². The van der Waals surface area contributed by atoms with Crippen LogP contribution in [-0.2, 0) is 6.42 Å². The zero-order valence-corrected chi connectivity index (χ0v) is 9.02. The van der Waals surface area contributed by atoms with Crippen molar-refractivity contribution < 1.29 is 4.74 Å². The van der Waals surface area contributed by atoms with Gasteiger partial charge in [-0.15, -0.1) is 0 Å². The van der Waals surface area contributed by atoms with Crippen LogP contribution in [-0.4, -0.2) is 11.6 Å². The number of aryl methyl sites for hydroxylation is 1. The van der Waals surface area contributed by atoms with Gasteiger partial charge >= 0.3 is 0 Å². The maximum absolute atomic E-state index is 5.60. The van der Waals surface area contributed by atoms with Gasteiger partial charge in [0.05, 0.1) is 6.61 Å². The molecule has 1 aliphatic heterocycles. The van der Waals surface area contributed by atoms with E-state index in [9.17, 15) is 0 Å². The van der Waals surface area contributed by atoms with Gasteiger partial charge in [-0.05, 0) is 53.8 Å². The van der Waals surface area contributed by atoms with Gasteiger partial charge in [-0.3, -0.25) is 4.98 Å². The first kappa shape index (κ1) is 9.40. The lowest BCUT2D eigenvalue weighted by atomic mass is 10.00. The first-order chi connectivity index (χ1) is 7.93. The van der Waals surface area contributed by atoms with E-state index in [0.29, 0.717) is 0 Å². The second kappa shape index (κ2) is 3.97. The Bertz CT molecular complexity index is 493. The minimum absolute atomic E-state index is 0.849. The number of hydrogen-bond donors (Lipinski definition) is 0. The minimum Gasteiger partial charge on any atom is -0.493 e. The van der Waals surface area contributed by atoms with Crippen LogP contribution in [0.2, 0.25) is 0 Å². The molecule has 3 rings (SSSR count). The van der Waals surface area contributed by atoms with E-state index in [4.69, 9.17) is 4.74 Å². The molecule has 1 aromatic heterocycles. The van der Waals surface area contributed by atoms with Gasteiger partial charge in [0.15, 0.2) is 0 Å². The van der Waals surface area contributed by atoms with Crippen LogP contribution in [0.5, 0.6) is 5.75 Å². The summed E-state index contributed by atoms with van der Waals surface area (Å²) in [5.74, 6) is 1.05. The van der Waals surface area contributed by atoms with Crippen LogP contribution in [0.4, 0.5) is 0 Å². The van der Waals surface area contributed by atoms with E-state index in [1.165, 1.54) is 16.7 Å². The van der Waals surface area contributed by atoms with Crippen molar-refractivity contribution in [1.82, 2.24) is 4.98 Å². The number of hydrogen-bond acceptors (Lipinski definition) is 2. The summed E-state index contributed by atoms with van der Waals surface area (Å²) in [5, 5.41) is 0. The quantitative estimate of drug-likeness (QED) is 0.723. The van der Waals surface area contributed by atoms with Crippen LogP contribution in [0, 0.1) is 0 Å². The van der Waals surface area contributed by atoms with Gasteiger partial charge in [0.2, 0.25) is 0 Å². The lowest BCUT2D eigenvalue weighted by Crippen LogP contribution is -2.07. The summed E-state index contributed by atoms with van der Waals surface area (Å²) in [7, 11) is 0. The van der Waals surface area contributed by atoms with Crippen LogP contribution in [0.25, 0.3) is 11.1 Å². The normalized spacial score (nSPS) is 14.0. The average Bonchev–Trinajstić information content (AvgIpc) is 2.39. The van der Waals surface area contributed by atoms with E-state index in [1.54, 1.807) is 0 Å². The predicted octanol–water partition coefficient (Wildman–Crippen LogP) is 3.07. The number of pyridine rings is 1. The monoisotopic (exact) mass is 211 g/mol. The van der Waals surface area contributed by atoms with Gasteiger partial charge in [-0.25, -0.2) is 0 Å². The molecule has 0 bridgehead atoms. The highest BCUT2D eigenvalue weighted by atomic mass is 16.5. The Morgan fingerprint density at radius 3 is 2.75 bits per heavy atom. The maximum Gasteiger partial charge on any atom is 0.122 e. The summed E-state index contributed by atoms with van der Waals surface area (Å²) in [4.78, 5) is 4.03. The highest BCUT2D eigenvalue weighted by Gasteiger charge is 2.10. The molecule has 2 aromatic rings. The summed E-state index contributed by atoms with van der Waals surface area (Å²) in [6, 6.07) is 10.5. The third kappa shape index (κ3) is 1.67. The van der Waals surface area contributed by atoms with E-state index in [-0.39, 0.29) is 0 Å². The molecular weight excluding hydrogens is 198 g/mol. The summed E-state index contributed by atoms with van der Waals surface area (Å²) in [6.07, 6.45) is 5.89. The van der Waals surface area contributed by atoms with E-state index in [2.05, 4.69) is 23.2 Å². The topological polar surface area (TPSA) is 22.1 Å². The Kier molecular flexibility index (Phi) is 2.33. The highest BCUT2D eigenvalue weighted by molar-refractivity contribution is 5.65. The molecule has 2 heteroatoms. The van der Waals surface area contributed by atoms with Gasteiger partial charge < -0.3 is 4.74 Å². The number of ether oxygens (including phenoxy) is 1. The van der Waals surface area contributed by atoms with Crippen molar-refractivity contribution in [3.63, 3.8) is 0 Å². The fourth-order valence-corrected chi connectivity index (χ4v) is 2.08. The maximum atomic E-state index is 5.60. The lowest BCUT2D eigenvalue weighted by molar-refractivity contribution is 0.288. The van der Waals surface area contributed by atoms with Gasteiger partial charge in [0.25, 0.3) is 0 Å². The van der Waals surface area contributed by atoms with Crippen molar-refractivity contribution >= 4 is 0 Å². The smallest absolute Gasteiger partial charge is 0.122 e. The second-order valence-electron chi connectivity index (χ2n) is 4.01. The van der Waals surface area contributed by atoms with E-state index < -0.39 is 0 Å². The Hall–Kier alpha value is -1.83. The number of aromatic nitrogens is 1. The zero-order chi connectivity index (χ0) is 10.8. The molecular formula is C14H13NO. The molecule has 0 N–H and O–H groups in total. The molecule has 0 atom stereocenters. The van der Waals surface area contributed by atoms with Crippen LogP contribution in [0.3, 0.4) is 0 Å². The lowest BCUT2D eigenvalue weighted by Gasteiger charge is -2.17. The van der Waals surface area contributed by atoms with Crippen LogP contribution in [0.1, 0.15) is 12.0 Å². The summed E-state index contributed by atoms with van der Waals surface area (Å²) < 4.78 is 5.60. The minimum atomic E-state index is 0.849. The molecule has 80 valence electrons. The Morgan fingerprint density at radius 2 is 1.88 bits per heavy atom. The highest BCUT2D eigenvalue weighted by Crippen LogP contribution is 2.29. The predicted molar refractivity (Wildman–Crippen MR) is 63.5 cm³/mol. The van der Waals surface area contributed by atoms with Crippen LogP contribution >= 0.6 is 0 Å².